The zero-order valence-corrected chi connectivity index (χ0v) is 5.81. The van der Waals surface area contributed by atoms with Gasteiger partial charge in [0.15, 0.2) is 0 Å². The Hall–Kier alpha value is -0.500. The van der Waals surface area contributed by atoms with Gasteiger partial charge in [-0.25, -0.2) is 0 Å². The lowest BCUT2D eigenvalue weighted by atomic mass is 10.5. The molecule has 0 amide bonds. The van der Waals surface area contributed by atoms with Crippen LogP contribution in [0.5, 0.6) is 0 Å². The molecule has 2 heteroatoms. The monoisotopic (exact) mass is 117 g/mol. The molecule has 0 rings (SSSR count). The van der Waals surface area contributed by atoms with Crippen LogP contribution in [0, 0.1) is 0 Å². The summed E-state index contributed by atoms with van der Waals surface area (Å²) in [6.45, 7) is 8.53. The normalized spacial score (nSPS) is 7.62. The average Bonchev–Trinajstić information content (AvgIpc) is 1.25. The van der Waals surface area contributed by atoms with Gasteiger partial charge >= 0.3 is 0 Å². The fraction of sp³-hybridized carbons (Fsp3) is 0.667. The van der Waals surface area contributed by atoms with Crippen molar-refractivity contribution in [1.82, 2.24) is 0 Å². The third kappa shape index (κ3) is 446. The van der Waals surface area contributed by atoms with Crippen LogP contribution in [-0.4, -0.2) is 11.1 Å². The van der Waals surface area contributed by atoms with Gasteiger partial charge in [-0.05, 0) is 13.0 Å². The molecule has 0 aliphatic carbocycles. The summed E-state index contributed by atoms with van der Waals surface area (Å²) in [5, 5.41) is 7.86. The number of allylic oxidation sites excluding steroid dienone is 1. The van der Waals surface area contributed by atoms with E-state index in [4.69, 9.17) is 10.8 Å². The fourth-order valence-electron chi connectivity index (χ4n) is 0. The van der Waals surface area contributed by atoms with Crippen LogP contribution >= 0.6 is 0 Å². The van der Waals surface area contributed by atoms with Gasteiger partial charge < -0.3 is 10.8 Å². The fourth-order valence-corrected chi connectivity index (χ4v) is 0. The summed E-state index contributed by atoms with van der Waals surface area (Å²) in [4.78, 5) is 0. The minimum absolute atomic E-state index is 0.167. The number of aliphatic hydroxyl groups is 1. The number of nitrogens with two attached hydrogens (primary N) is 1. The number of hydrogen-bond acceptors (Lipinski definition) is 2. The largest absolute Gasteiger partial charge is 0.513 e. The first-order valence-electron chi connectivity index (χ1n) is 2.57. The van der Waals surface area contributed by atoms with Crippen LogP contribution in [0.2, 0.25) is 0 Å². The molecule has 0 radical (unpaired) electrons. The Morgan fingerprint density at radius 3 is 1.62 bits per heavy atom. The molecule has 0 aromatic carbocycles. The minimum atomic E-state index is 0.167. The molecule has 0 aromatic rings. The summed E-state index contributed by atoms with van der Waals surface area (Å²) in [7, 11) is 0. The second kappa shape index (κ2) is 6.50. The van der Waals surface area contributed by atoms with Gasteiger partial charge in [0, 0.05) is 0 Å². The summed E-state index contributed by atoms with van der Waals surface area (Å²) in [5.41, 5.74) is 5.11. The number of rotatable bonds is 0. The summed E-state index contributed by atoms with van der Waals surface area (Å²) in [5.74, 6) is 0.167. The highest BCUT2D eigenvalue weighted by atomic mass is 16.3. The molecule has 0 atom stereocenters. The van der Waals surface area contributed by atoms with E-state index < -0.39 is 0 Å². The van der Waals surface area contributed by atoms with Gasteiger partial charge in [0.25, 0.3) is 0 Å². The zero-order chi connectivity index (χ0) is 7.15. The van der Waals surface area contributed by atoms with E-state index in [-0.39, 0.29) is 5.76 Å². The molecule has 0 unspecified atom stereocenters. The van der Waals surface area contributed by atoms with Crippen molar-refractivity contribution in [2.24, 2.45) is 5.73 Å². The predicted molar refractivity (Wildman–Crippen MR) is 36.8 cm³/mol. The van der Waals surface area contributed by atoms with Crippen LogP contribution in [0.25, 0.3) is 0 Å². The number of hydrogen-bond donors (Lipinski definition) is 2. The molecule has 0 saturated heterocycles. The van der Waals surface area contributed by atoms with Crippen LogP contribution in [0.1, 0.15) is 20.8 Å². The van der Waals surface area contributed by atoms with Gasteiger partial charge in [0.1, 0.15) is 0 Å². The Labute approximate surface area is 51.0 Å². The molecule has 0 heterocycles. The molecule has 0 fully saturated rings. The highest BCUT2D eigenvalue weighted by molar-refractivity contribution is 4.67. The lowest BCUT2D eigenvalue weighted by Gasteiger charge is -1.81. The molecule has 8 heavy (non-hydrogen) atoms. The van der Waals surface area contributed by atoms with E-state index >= 15 is 0 Å². The van der Waals surface area contributed by atoms with Gasteiger partial charge in [0.05, 0.1) is 5.76 Å². The third-order valence-corrected chi connectivity index (χ3v) is 0. The van der Waals surface area contributed by atoms with E-state index in [2.05, 4.69) is 6.58 Å². The summed E-state index contributed by atoms with van der Waals surface area (Å²) in [6, 6.07) is 0.333. The van der Waals surface area contributed by atoms with Crippen LogP contribution in [0.15, 0.2) is 12.3 Å². The lowest BCUT2D eigenvalue weighted by Crippen LogP contribution is -2.06. The van der Waals surface area contributed by atoms with Crippen LogP contribution < -0.4 is 5.73 Å². The van der Waals surface area contributed by atoms with Crippen molar-refractivity contribution in [2.75, 3.05) is 0 Å². The van der Waals surface area contributed by atoms with Crippen LogP contribution in [0.3, 0.4) is 0 Å². The van der Waals surface area contributed by atoms with Crippen molar-refractivity contribution in [1.29, 1.82) is 0 Å². The second-order valence-corrected chi connectivity index (χ2v) is 1.98. The topological polar surface area (TPSA) is 46.2 Å². The van der Waals surface area contributed by atoms with E-state index in [1.54, 1.807) is 0 Å². The molecular weight excluding hydrogens is 102 g/mol. The zero-order valence-electron chi connectivity index (χ0n) is 5.81. The summed E-state index contributed by atoms with van der Waals surface area (Å²) < 4.78 is 0. The van der Waals surface area contributed by atoms with E-state index in [0.717, 1.165) is 0 Å². The molecule has 3 N–H and O–H groups in total. The van der Waals surface area contributed by atoms with Crippen molar-refractivity contribution in [3.05, 3.63) is 12.3 Å². The Bertz CT molecular complexity index is 52.8. The molecule has 2 nitrogen and oxygen atoms in total. The highest BCUT2D eigenvalue weighted by Crippen LogP contribution is 1.66. The number of aliphatic hydroxyl groups excluding tert-OH is 1. The molecule has 0 bridgehead atoms. The van der Waals surface area contributed by atoms with E-state index in [1.165, 1.54) is 6.92 Å². The van der Waals surface area contributed by atoms with Gasteiger partial charge in [-0.3, -0.25) is 0 Å². The third-order valence-electron chi connectivity index (χ3n) is 0. The van der Waals surface area contributed by atoms with Crippen molar-refractivity contribution in [3.63, 3.8) is 0 Å². The maximum atomic E-state index is 7.86. The molecular formula is C6H15NO. The smallest absolute Gasteiger partial charge is 0.0820 e. The summed E-state index contributed by atoms with van der Waals surface area (Å²) in [6.07, 6.45) is 0. The Balaban J connectivity index is 0. The van der Waals surface area contributed by atoms with Crippen molar-refractivity contribution < 1.29 is 5.11 Å². The van der Waals surface area contributed by atoms with E-state index in [0.29, 0.717) is 6.04 Å². The SMILES string of the molecule is C=C(C)O.CC(C)N. The molecule has 50 valence electrons. The quantitative estimate of drug-likeness (QED) is 0.471. The molecule has 0 aliphatic rings. The van der Waals surface area contributed by atoms with Gasteiger partial charge in [0.2, 0.25) is 0 Å². The van der Waals surface area contributed by atoms with Crippen molar-refractivity contribution in [3.8, 4) is 0 Å². The Morgan fingerprint density at radius 2 is 1.62 bits per heavy atom. The minimum Gasteiger partial charge on any atom is -0.513 e. The van der Waals surface area contributed by atoms with Gasteiger partial charge in [-0.1, -0.05) is 20.4 Å². The Kier molecular flexibility index (Phi) is 8.51. The molecule has 0 aliphatic heterocycles. The van der Waals surface area contributed by atoms with Crippen LogP contribution in [0.4, 0.5) is 0 Å². The average molecular weight is 117 g/mol. The molecule has 0 aromatic heterocycles. The predicted octanol–water partition coefficient (Wildman–Crippen LogP) is 1.43. The van der Waals surface area contributed by atoms with E-state index in [9.17, 15) is 0 Å². The maximum absolute atomic E-state index is 7.86. The first kappa shape index (κ1) is 10.5. The lowest BCUT2D eigenvalue weighted by molar-refractivity contribution is 0.417. The summed E-state index contributed by atoms with van der Waals surface area (Å²) >= 11 is 0. The van der Waals surface area contributed by atoms with Gasteiger partial charge in [-0.15, -0.1) is 0 Å². The molecule has 0 saturated carbocycles. The second-order valence-electron chi connectivity index (χ2n) is 1.98. The maximum Gasteiger partial charge on any atom is 0.0820 e. The van der Waals surface area contributed by atoms with Gasteiger partial charge in [-0.2, -0.15) is 0 Å². The Morgan fingerprint density at radius 1 is 1.62 bits per heavy atom. The van der Waals surface area contributed by atoms with Crippen LogP contribution in [-0.2, 0) is 0 Å². The first-order valence-corrected chi connectivity index (χ1v) is 2.57. The first-order chi connectivity index (χ1) is 3.46. The standard InChI is InChI=1S/C3H9N.C3H6O/c2*1-3(2)4/h3H,4H2,1-2H3;4H,1H2,2H3. The van der Waals surface area contributed by atoms with Crippen molar-refractivity contribution in [2.45, 2.75) is 26.8 Å². The molecule has 0 spiro atoms. The van der Waals surface area contributed by atoms with Crippen molar-refractivity contribution >= 4 is 0 Å². The highest BCUT2D eigenvalue weighted by Gasteiger charge is 1.67. The van der Waals surface area contributed by atoms with E-state index in [1.807, 2.05) is 13.8 Å².